The lowest BCUT2D eigenvalue weighted by molar-refractivity contribution is -0.127. The van der Waals surface area contributed by atoms with Gasteiger partial charge in [0.25, 0.3) is 5.91 Å². The standard InChI is InChI=1S/C17H20N2O3/c1-12-5-4-6-15(9-12)22-13(2)17(20)19-11-14-7-8-16(21-3)18-10-14/h4-10,13H,11H2,1-3H3,(H,19,20). The number of ether oxygens (including phenoxy) is 2. The van der Waals surface area contributed by atoms with Crippen LogP contribution in [0.4, 0.5) is 0 Å². The number of aromatic nitrogens is 1. The van der Waals surface area contributed by atoms with Crippen molar-refractivity contribution in [1.82, 2.24) is 10.3 Å². The largest absolute Gasteiger partial charge is 0.481 e. The summed E-state index contributed by atoms with van der Waals surface area (Å²) in [5.74, 6) is 1.07. The van der Waals surface area contributed by atoms with Gasteiger partial charge in [0.1, 0.15) is 5.75 Å². The van der Waals surface area contributed by atoms with E-state index in [0.717, 1.165) is 11.1 Å². The van der Waals surface area contributed by atoms with E-state index >= 15 is 0 Å². The molecule has 0 aliphatic rings. The summed E-state index contributed by atoms with van der Waals surface area (Å²) in [6.45, 7) is 4.11. The van der Waals surface area contributed by atoms with Crippen LogP contribution >= 0.6 is 0 Å². The molecule has 116 valence electrons. The Balaban J connectivity index is 1.85. The molecule has 0 aliphatic heterocycles. The van der Waals surface area contributed by atoms with Crippen LogP contribution in [0.1, 0.15) is 18.1 Å². The number of rotatable bonds is 6. The lowest BCUT2D eigenvalue weighted by atomic mass is 10.2. The third-order valence-corrected chi connectivity index (χ3v) is 3.15. The lowest BCUT2D eigenvalue weighted by Crippen LogP contribution is -2.35. The highest BCUT2D eigenvalue weighted by Crippen LogP contribution is 2.14. The van der Waals surface area contributed by atoms with Gasteiger partial charge in [0.15, 0.2) is 6.10 Å². The Morgan fingerprint density at radius 3 is 2.77 bits per heavy atom. The summed E-state index contributed by atoms with van der Waals surface area (Å²) in [4.78, 5) is 16.1. The molecule has 2 aromatic rings. The molecule has 0 bridgehead atoms. The highest BCUT2D eigenvalue weighted by atomic mass is 16.5. The Hall–Kier alpha value is -2.56. The third-order valence-electron chi connectivity index (χ3n) is 3.15. The van der Waals surface area contributed by atoms with Crippen LogP contribution < -0.4 is 14.8 Å². The summed E-state index contributed by atoms with van der Waals surface area (Å²) < 4.78 is 10.6. The lowest BCUT2D eigenvalue weighted by Gasteiger charge is -2.15. The van der Waals surface area contributed by atoms with E-state index in [4.69, 9.17) is 9.47 Å². The number of hydrogen-bond acceptors (Lipinski definition) is 4. The van der Waals surface area contributed by atoms with E-state index in [0.29, 0.717) is 18.2 Å². The average molecular weight is 300 g/mol. The van der Waals surface area contributed by atoms with Crippen molar-refractivity contribution in [3.63, 3.8) is 0 Å². The summed E-state index contributed by atoms with van der Waals surface area (Å²) in [6, 6.07) is 11.2. The van der Waals surface area contributed by atoms with Gasteiger partial charge in [-0.25, -0.2) is 4.98 Å². The smallest absolute Gasteiger partial charge is 0.261 e. The van der Waals surface area contributed by atoms with Gasteiger partial charge in [-0.2, -0.15) is 0 Å². The van der Waals surface area contributed by atoms with Crippen molar-refractivity contribution in [3.8, 4) is 11.6 Å². The normalized spacial score (nSPS) is 11.6. The number of carbonyl (C=O) groups is 1. The zero-order valence-corrected chi connectivity index (χ0v) is 13.0. The second-order valence-corrected chi connectivity index (χ2v) is 5.00. The van der Waals surface area contributed by atoms with Crippen LogP contribution in [0, 0.1) is 6.92 Å². The van der Waals surface area contributed by atoms with Crippen LogP contribution in [0.25, 0.3) is 0 Å². The number of hydrogen-bond donors (Lipinski definition) is 1. The Morgan fingerprint density at radius 1 is 1.32 bits per heavy atom. The number of amides is 1. The molecule has 2 rings (SSSR count). The molecule has 5 nitrogen and oxygen atoms in total. The molecule has 1 amide bonds. The fraction of sp³-hybridized carbons (Fsp3) is 0.294. The number of methoxy groups -OCH3 is 1. The molecule has 5 heteroatoms. The maximum Gasteiger partial charge on any atom is 0.261 e. The first-order valence-electron chi connectivity index (χ1n) is 7.08. The van der Waals surface area contributed by atoms with Gasteiger partial charge in [0.05, 0.1) is 7.11 Å². The molecule has 1 unspecified atom stereocenters. The zero-order chi connectivity index (χ0) is 15.9. The Kier molecular flexibility index (Phi) is 5.36. The van der Waals surface area contributed by atoms with E-state index in [-0.39, 0.29) is 5.91 Å². The summed E-state index contributed by atoms with van der Waals surface area (Å²) in [6.07, 6.45) is 1.11. The number of aryl methyl sites for hydroxylation is 1. The van der Waals surface area contributed by atoms with Crippen molar-refractivity contribution < 1.29 is 14.3 Å². The van der Waals surface area contributed by atoms with Gasteiger partial charge in [-0.1, -0.05) is 18.2 Å². The van der Waals surface area contributed by atoms with Crippen molar-refractivity contribution >= 4 is 5.91 Å². The average Bonchev–Trinajstić information content (AvgIpc) is 2.53. The van der Waals surface area contributed by atoms with Gasteiger partial charge >= 0.3 is 0 Å². The van der Waals surface area contributed by atoms with Crippen molar-refractivity contribution in [1.29, 1.82) is 0 Å². The SMILES string of the molecule is COc1ccc(CNC(=O)C(C)Oc2cccc(C)c2)cn1. The Labute approximate surface area is 130 Å². The predicted octanol–water partition coefficient (Wildman–Crippen LogP) is 2.48. The van der Waals surface area contributed by atoms with Crippen molar-refractivity contribution in [3.05, 3.63) is 53.7 Å². The number of benzene rings is 1. The highest BCUT2D eigenvalue weighted by Gasteiger charge is 2.14. The van der Waals surface area contributed by atoms with E-state index in [9.17, 15) is 4.79 Å². The topological polar surface area (TPSA) is 60.5 Å². The molecular formula is C17H20N2O3. The predicted molar refractivity (Wildman–Crippen MR) is 83.9 cm³/mol. The van der Waals surface area contributed by atoms with Gasteiger partial charge in [-0.05, 0) is 37.1 Å². The minimum Gasteiger partial charge on any atom is -0.481 e. The maximum atomic E-state index is 12.0. The fourth-order valence-corrected chi connectivity index (χ4v) is 1.92. The number of carbonyl (C=O) groups excluding carboxylic acids is 1. The van der Waals surface area contributed by atoms with E-state index in [2.05, 4.69) is 10.3 Å². The second kappa shape index (κ2) is 7.45. The van der Waals surface area contributed by atoms with Crippen LogP contribution in [0.2, 0.25) is 0 Å². The number of nitrogens with zero attached hydrogens (tertiary/aromatic N) is 1. The van der Waals surface area contributed by atoms with Crippen LogP contribution in [0.3, 0.4) is 0 Å². The van der Waals surface area contributed by atoms with E-state index in [1.54, 1.807) is 26.3 Å². The quantitative estimate of drug-likeness (QED) is 0.890. The summed E-state index contributed by atoms with van der Waals surface area (Å²) in [7, 11) is 1.56. The molecule has 0 fully saturated rings. The second-order valence-electron chi connectivity index (χ2n) is 5.00. The molecule has 0 saturated carbocycles. The molecule has 1 aromatic carbocycles. The Morgan fingerprint density at radius 2 is 2.14 bits per heavy atom. The van der Waals surface area contributed by atoms with Crippen LogP contribution in [0.15, 0.2) is 42.6 Å². The van der Waals surface area contributed by atoms with Crippen molar-refractivity contribution in [2.75, 3.05) is 7.11 Å². The molecule has 1 heterocycles. The van der Waals surface area contributed by atoms with Gasteiger partial charge in [0.2, 0.25) is 5.88 Å². The first-order valence-corrected chi connectivity index (χ1v) is 7.08. The van der Waals surface area contributed by atoms with Crippen molar-refractivity contribution in [2.24, 2.45) is 0 Å². The molecule has 0 radical (unpaired) electrons. The number of nitrogens with one attached hydrogen (secondary N) is 1. The molecule has 0 spiro atoms. The van der Waals surface area contributed by atoms with Crippen LogP contribution in [0.5, 0.6) is 11.6 Å². The third kappa shape index (κ3) is 4.48. The van der Waals surface area contributed by atoms with Gasteiger partial charge < -0.3 is 14.8 Å². The summed E-state index contributed by atoms with van der Waals surface area (Å²) in [5, 5.41) is 2.83. The zero-order valence-electron chi connectivity index (χ0n) is 13.0. The molecule has 0 saturated heterocycles. The number of pyridine rings is 1. The van der Waals surface area contributed by atoms with E-state index < -0.39 is 6.10 Å². The molecule has 1 aromatic heterocycles. The van der Waals surface area contributed by atoms with E-state index in [1.807, 2.05) is 37.3 Å². The van der Waals surface area contributed by atoms with Gasteiger partial charge in [0, 0.05) is 18.8 Å². The Bertz CT molecular complexity index is 626. The minimum atomic E-state index is -0.562. The van der Waals surface area contributed by atoms with Crippen LogP contribution in [-0.4, -0.2) is 24.1 Å². The van der Waals surface area contributed by atoms with Gasteiger partial charge in [-0.15, -0.1) is 0 Å². The van der Waals surface area contributed by atoms with Crippen molar-refractivity contribution in [2.45, 2.75) is 26.5 Å². The minimum absolute atomic E-state index is 0.169. The molecular weight excluding hydrogens is 280 g/mol. The maximum absolute atomic E-state index is 12.0. The van der Waals surface area contributed by atoms with E-state index in [1.165, 1.54) is 0 Å². The van der Waals surface area contributed by atoms with Crippen LogP contribution in [-0.2, 0) is 11.3 Å². The molecule has 1 N–H and O–H groups in total. The fourth-order valence-electron chi connectivity index (χ4n) is 1.92. The van der Waals surface area contributed by atoms with Gasteiger partial charge in [-0.3, -0.25) is 4.79 Å². The first-order chi connectivity index (χ1) is 10.6. The highest BCUT2D eigenvalue weighted by molar-refractivity contribution is 5.80. The summed E-state index contributed by atoms with van der Waals surface area (Å²) >= 11 is 0. The molecule has 0 aliphatic carbocycles. The monoisotopic (exact) mass is 300 g/mol. The molecule has 1 atom stereocenters. The molecule has 22 heavy (non-hydrogen) atoms. The summed E-state index contributed by atoms with van der Waals surface area (Å²) in [5.41, 5.74) is 1.99. The first kappa shape index (κ1) is 15.8.